The van der Waals surface area contributed by atoms with E-state index >= 15 is 0 Å². The number of rotatable bonds is 6. The number of benzene rings is 2. The lowest BCUT2D eigenvalue weighted by Gasteiger charge is -2.09. The second-order valence-corrected chi connectivity index (χ2v) is 5.20. The van der Waals surface area contributed by atoms with Crippen molar-refractivity contribution in [3.8, 4) is 5.75 Å². The summed E-state index contributed by atoms with van der Waals surface area (Å²) in [4.78, 5) is 22.6. The van der Waals surface area contributed by atoms with Crippen molar-refractivity contribution in [1.29, 1.82) is 0 Å². The smallest absolute Gasteiger partial charge is 0.276 e. The Morgan fingerprint density at radius 2 is 1.78 bits per heavy atom. The molecule has 0 aliphatic heterocycles. The first-order valence-corrected chi connectivity index (χ1v) is 7.20. The topological polar surface area (TPSA) is 69.4 Å². The molecule has 0 aromatic heterocycles. The molecule has 0 bridgehead atoms. The van der Waals surface area contributed by atoms with E-state index in [9.17, 15) is 14.9 Å². The fourth-order valence-electron chi connectivity index (χ4n) is 2.03. The Balaban J connectivity index is 2.14. The van der Waals surface area contributed by atoms with E-state index < -0.39 is 4.92 Å². The Labute approximate surface area is 134 Å². The fourth-order valence-corrected chi connectivity index (χ4v) is 2.03. The Hall–Kier alpha value is -2.95. The van der Waals surface area contributed by atoms with Crippen LogP contribution in [0.5, 0.6) is 5.75 Å². The number of nitrogens with zero attached hydrogens (tertiary/aromatic N) is 1. The van der Waals surface area contributed by atoms with Gasteiger partial charge in [0.1, 0.15) is 5.75 Å². The number of hydrogen-bond acceptors (Lipinski definition) is 4. The first kappa shape index (κ1) is 16.4. The predicted molar refractivity (Wildman–Crippen MR) is 88.7 cm³/mol. The molecule has 0 radical (unpaired) electrons. The molecule has 118 valence electrons. The highest BCUT2D eigenvalue weighted by molar-refractivity contribution is 6.07. The van der Waals surface area contributed by atoms with Crippen molar-refractivity contribution in [2.75, 3.05) is 0 Å². The summed E-state index contributed by atoms with van der Waals surface area (Å²) >= 11 is 0. The zero-order chi connectivity index (χ0) is 16.8. The zero-order valence-electron chi connectivity index (χ0n) is 12.9. The maximum atomic E-state index is 12.1. The minimum atomic E-state index is -0.470. The van der Waals surface area contributed by atoms with Crippen molar-refractivity contribution < 1.29 is 14.5 Å². The van der Waals surface area contributed by atoms with E-state index in [-0.39, 0.29) is 17.6 Å². The van der Waals surface area contributed by atoms with Gasteiger partial charge in [-0.25, -0.2) is 0 Å². The molecule has 2 aromatic rings. The van der Waals surface area contributed by atoms with Crippen LogP contribution < -0.4 is 4.74 Å². The zero-order valence-corrected chi connectivity index (χ0v) is 12.9. The number of ketones is 1. The van der Waals surface area contributed by atoms with Crippen LogP contribution in [-0.4, -0.2) is 16.8 Å². The molecule has 2 aromatic carbocycles. The van der Waals surface area contributed by atoms with Gasteiger partial charge in [-0.15, -0.1) is 0 Å². The molecule has 2 rings (SSSR count). The van der Waals surface area contributed by atoms with Gasteiger partial charge in [0.05, 0.1) is 16.6 Å². The molecule has 0 aliphatic rings. The van der Waals surface area contributed by atoms with Gasteiger partial charge in [0, 0.05) is 11.6 Å². The van der Waals surface area contributed by atoms with Crippen LogP contribution in [-0.2, 0) is 0 Å². The molecular weight excluding hydrogens is 294 g/mol. The lowest BCUT2D eigenvalue weighted by atomic mass is 10.1. The van der Waals surface area contributed by atoms with E-state index in [1.807, 2.05) is 13.8 Å². The lowest BCUT2D eigenvalue weighted by Crippen LogP contribution is -2.05. The first-order valence-electron chi connectivity index (χ1n) is 7.20. The Kier molecular flexibility index (Phi) is 5.25. The highest BCUT2D eigenvalue weighted by Gasteiger charge is 2.10. The van der Waals surface area contributed by atoms with Gasteiger partial charge in [0.2, 0.25) is 0 Å². The second-order valence-electron chi connectivity index (χ2n) is 5.20. The van der Waals surface area contributed by atoms with E-state index in [0.29, 0.717) is 16.9 Å². The number of nitro benzene ring substituents is 1. The average molecular weight is 311 g/mol. The van der Waals surface area contributed by atoms with Gasteiger partial charge in [0.25, 0.3) is 5.69 Å². The number of allylic oxidation sites excluding steroid dienone is 1. The van der Waals surface area contributed by atoms with Crippen LogP contribution in [0.1, 0.15) is 29.8 Å². The van der Waals surface area contributed by atoms with Crippen molar-refractivity contribution in [1.82, 2.24) is 0 Å². The maximum absolute atomic E-state index is 12.1. The van der Waals surface area contributed by atoms with Gasteiger partial charge < -0.3 is 4.74 Å². The van der Waals surface area contributed by atoms with Gasteiger partial charge in [-0.2, -0.15) is 0 Å². The lowest BCUT2D eigenvalue weighted by molar-refractivity contribution is -0.385. The molecule has 0 amide bonds. The van der Waals surface area contributed by atoms with Crippen LogP contribution in [0, 0.1) is 10.1 Å². The van der Waals surface area contributed by atoms with Gasteiger partial charge in [0.15, 0.2) is 5.78 Å². The average Bonchev–Trinajstić information content (AvgIpc) is 2.53. The van der Waals surface area contributed by atoms with Gasteiger partial charge in [-0.05, 0) is 56.3 Å². The van der Waals surface area contributed by atoms with Crippen LogP contribution >= 0.6 is 0 Å². The number of ether oxygens (including phenoxy) is 1. The maximum Gasteiger partial charge on any atom is 0.276 e. The number of hydrogen-bond donors (Lipinski definition) is 0. The fraction of sp³-hybridized carbons (Fsp3) is 0.167. The van der Waals surface area contributed by atoms with Gasteiger partial charge >= 0.3 is 0 Å². The molecule has 0 saturated carbocycles. The quantitative estimate of drug-likeness (QED) is 0.345. The van der Waals surface area contributed by atoms with Crippen molar-refractivity contribution in [2.24, 2.45) is 0 Å². The van der Waals surface area contributed by atoms with Crippen LogP contribution in [0.2, 0.25) is 0 Å². The summed E-state index contributed by atoms with van der Waals surface area (Å²) < 4.78 is 5.52. The summed E-state index contributed by atoms with van der Waals surface area (Å²) in [6, 6.07) is 13.1. The number of nitro groups is 1. The number of para-hydroxylation sites is 1. The normalized spacial score (nSPS) is 10.9. The summed E-state index contributed by atoms with van der Waals surface area (Å²) in [6.07, 6.45) is 2.86. The molecule has 5 heteroatoms. The minimum Gasteiger partial charge on any atom is -0.491 e. The summed E-state index contributed by atoms with van der Waals surface area (Å²) in [5.74, 6) is 0.471. The van der Waals surface area contributed by atoms with E-state index in [4.69, 9.17) is 4.74 Å². The molecule has 0 atom stereocenters. The first-order chi connectivity index (χ1) is 11.0. The third kappa shape index (κ3) is 4.51. The molecule has 5 nitrogen and oxygen atoms in total. The highest BCUT2D eigenvalue weighted by Crippen LogP contribution is 2.20. The van der Waals surface area contributed by atoms with Crippen molar-refractivity contribution in [2.45, 2.75) is 20.0 Å². The third-order valence-corrected chi connectivity index (χ3v) is 3.06. The summed E-state index contributed by atoms with van der Waals surface area (Å²) in [5, 5.41) is 10.9. The van der Waals surface area contributed by atoms with Gasteiger partial charge in [-0.1, -0.05) is 12.1 Å². The minimum absolute atomic E-state index is 0.0303. The van der Waals surface area contributed by atoms with Crippen LogP contribution in [0.4, 0.5) is 5.69 Å². The SMILES string of the molecule is CC(C)Oc1ccc(C(=O)/C=C/c2ccccc2[N+](=O)[O-])cc1. The Morgan fingerprint density at radius 1 is 1.13 bits per heavy atom. The van der Waals surface area contributed by atoms with Crippen LogP contribution in [0.25, 0.3) is 6.08 Å². The Morgan fingerprint density at radius 3 is 2.39 bits per heavy atom. The van der Waals surface area contributed by atoms with E-state index in [2.05, 4.69) is 0 Å². The molecular formula is C18H17NO4. The number of carbonyl (C=O) groups is 1. The molecule has 0 fully saturated rings. The molecule has 0 spiro atoms. The third-order valence-electron chi connectivity index (χ3n) is 3.06. The van der Waals surface area contributed by atoms with Crippen molar-refractivity contribution in [3.63, 3.8) is 0 Å². The summed E-state index contributed by atoms with van der Waals surface area (Å²) in [6.45, 7) is 3.85. The molecule has 0 aliphatic carbocycles. The monoisotopic (exact) mass is 311 g/mol. The molecule has 0 unspecified atom stereocenters. The highest BCUT2D eigenvalue weighted by atomic mass is 16.6. The van der Waals surface area contributed by atoms with Crippen LogP contribution in [0.3, 0.4) is 0 Å². The number of carbonyl (C=O) groups excluding carboxylic acids is 1. The standard InChI is InChI=1S/C18H17NO4/c1-13(2)23-16-10-7-15(8-11-16)18(20)12-9-14-5-3-4-6-17(14)19(21)22/h3-13H,1-2H3/b12-9+. The van der Waals surface area contributed by atoms with Gasteiger partial charge in [-0.3, -0.25) is 14.9 Å². The molecule has 0 N–H and O–H groups in total. The molecule has 0 saturated heterocycles. The molecule has 23 heavy (non-hydrogen) atoms. The molecule has 0 heterocycles. The largest absolute Gasteiger partial charge is 0.491 e. The summed E-state index contributed by atoms with van der Waals surface area (Å²) in [5.41, 5.74) is 0.860. The van der Waals surface area contributed by atoms with E-state index in [1.165, 1.54) is 18.2 Å². The Bertz CT molecular complexity index is 733. The van der Waals surface area contributed by atoms with E-state index in [0.717, 1.165) is 0 Å². The van der Waals surface area contributed by atoms with Crippen molar-refractivity contribution in [3.05, 3.63) is 75.8 Å². The second kappa shape index (κ2) is 7.35. The predicted octanol–water partition coefficient (Wildman–Crippen LogP) is 4.28. The van der Waals surface area contributed by atoms with Crippen molar-refractivity contribution >= 4 is 17.5 Å². The van der Waals surface area contributed by atoms with Crippen LogP contribution in [0.15, 0.2) is 54.6 Å². The summed E-state index contributed by atoms with van der Waals surface area (Å²) in [7, 11) is 0. The van der Waals surface area contributed by atoms with E-state index in [1.54, 1.807) is 42.5 Å².